The number of halogens is 3. The zero-order chi connectivity index (χ0) is 16.5. The molecule has 0 bridgehead atoms. The van der Waals surface area contributed by atoms with E-state index < -0.39 is 23.3 Å². The number of rotatable bonds is 4. The molecule has 1 aliphatic carbocycles. The second-order valence-electron chi connectivity index (χ2n) is 5.96. The van der Waals surface area contributed by atoms with Crippen molar-refractivity contribution >= 4 is 11.7 Å². The van der Waals surface area contributed by atoms with E-state index in [0.29, 0.717) is 5.56 Å². The van der Waals surface area contributed by atoms with Gasteiger partial charge in [-0.2, -0.15) is 13.2 Å². The number of carbonyl (C=O) groups is 1. The molecule has 1 aromatic carbocycles. The lowest BCUT2D eigenvalue weighted by atomic mass is 9.97. The Labute approximate surface area is 126 Å². The van der Waals surface area contributed by atoms with Crippen LogP contribution in [0.3, 0.4) is 0 Å². The average molecular weight is 316 g/mol. The number of aryl methyl sites for hydroxylation is 1. The van der Waals surface area contributed by atoms with Gasteiger partial charge in [-0.15, -0.1) is 0 Å². The van der Waals surface area contributed by atoms with Gasteiger partial charge in [-0.1, -0.05) is 6.07 Å². The lowest BCUT2D eigenvalue weighted by Gasteiger charge is -2.29. The summed E-state index contributed by atoms with van der Waals surface area (Å²) in [4.78, 5) is 12.0. The van der Waals surface area contributed by atoms with Gasteiger partial charge in [0.25, 0.3) is 0 Å². The predicted octanol–water partition coefficient (Wildman–Crippen LogP) is 3.30. The number of urea groups is 1. The fraction of sp³-hybridized carbons (Fsp3) is 0.533. The first-order valence-electron chi connectivity index (χ1n) is 7.03. The summed E-state index contributed by atoms with van der Waals surface area (Å²) >= 11 is 0. The van der Waals surface area contributed by atoms with E-state index >= 15 is 0 Å². The molecule has 1 unspecified atom stereocenters. The first-order valence-corrected chi connectivity index (χ1v) is 7.03. The van der Waals surface area contributed by atoms with Gasteiger partial charge >= 0.3 is 12.2 Å². The number of anilines is 1. The molecule has 2 rings (SSSR count). The molecule has 122 valence electrons. The van der Waals surface area contributed by atoms with E-state index in [4.69, 9.17) is 0 Å². The van der Waals surface area contributed by atoms with Crippen LogP contribution >= 0.6 is 0 Å². The van der Waals surface area contributed by atoms with E-state index in [9.17, 15) is 23.1 Å². The predicted molar refractivity (Wildman–Crippen MR) is 76.6 cm³/mol. The van der Waals surface area contributed by atoms with Crippen LogP contribution in [0.15, 0.2) is 18.2 Å². The summed E-state index contributed by atoms with van der Waals surface area (Å²) in [5, 5.41) is 14.5. The van der Waals surface area contributed by atoms with Crippen molar-refractivity contribution < 1.29 is 23.1 Å². The van der Waals surface area contributed by atoms with Crippen molar-refractivity contribution in [2.45, 2.75) is 38.4 Å². The minimum absolute atomic E-state index is 0.100. The van der Waals surface area contributed by atoms with E-state index in [0.717, 1.165) is 25.0 Å². The Morgan fingerprint density at radius 1 is 1.36 bits per heavy atom. The lowest BCUT2D eigenvalue weighted by molar-refractivity contribution is -0.137. The summed E-state index contributed by atoms with van der Waals surface area (Å²) in [6.07, 6.45) is -2.63. The van der Waals surface area contributed by atoms with Gasteiger partial charge in [0.05, 0.1) is 17.7 Å². The maximum Gasteiger partial charge on any atom is 0.416 e. The molecule has 0 heterocycles. The largest absolute Gasteiger partial charge is 0.416 e. The first-order chi connectivity index (χ1) is 10.2. The molecule has 1 saturated carbocycles. The Morgan fingerprint density at radius 3 is 2.50 bits per heavy atom. The molecule has 1 aliphatic rings. The Balaban J connectivity index is 2.11. The molecule has 0 spiro atoms. The molecular weight excluding hydrogens is 297 g/mol. The average Bonchev–Trinajstić information content (AvgIpc) is 3.24. The van der Waals surface area contributed by atoms with Gasteiger partial charge in [-0.05, 0) is 50.3 Å². The summed E-state index contributed by atoms with van der Waals surface area (Å²) in [6, 6.07) is 2.57. The topological polar surface area (TPSA) is 61.4 Å². The van der Waals surface area contributed by atoms with Crippen LogP contribution < -0.4 is 10.6 Å². The highest BCUT2D eigenvalue weighted by Crippen LogP contribution is 2.39. The fourth-order valence-electron chi connectivity index (χ4n) is 2.34. The van der Waals surface area contributed by atoms with Gasteiger partial charge in [0.2, 0.25) is 0 Å². The van der Waals surface area contributed by atoms with E-state index in [1.165, 1.54) is 6.07 Å². The molecule has 2 amide bonds. The van der Waals surface area contributed by atoms with Crippen molar-refractivity contribution in [1.29, 1.82) is 0 Å². The highest BCUT2D eigenvalue weighted by atomic mass is 19.4. The number of nitrogens with one attached hydrogen (secondary N) is 2. The van der Waals surface area contributed by atoms with Gasteiger partial charge in [0.1, 0.15) is 0 Å². The molecular formula is C15H19F3N2O2. The second-order valence-corrected chi connectivity index (χ2v) is 5.96. The van der Waals surface area contributed by atoms with Crippen LogP contribution in [0.25, 0.3) is 0 Å². The van der Waals surface area contributed by atoms with Gasteiger partial charge in [0, 0.05) is 5.69 Å². The molecule has 0 aromatic heterocycles. The molecule has 1 fully saturated rings. The molecule has 0 saturated heterocycles. The van der Waals surface area contributed by atoms with E-state index in [-0.39, 0.29) is 18.2 Å². The van der Waals surface area contributed by atoms with Gasteiger partial charge in [-0.3, -0.25) is 0 Å². The Hall–Kier alpha value is -1.76. The van der Waals surface area contributed by atoms with Crippen LogP contribution in [0.5, 0.6) is 0 Å². The number of alkyl halides is 3. The molecule has 22 heavy (non-hydrogen) atoms. The monoisotopic (exact) mass is 316 g/mol. The second kappa shape index (κ2) is 5.79. The quantitative estimate of drug-likeness (QED) is 0.798. The maximum atomic E-state index is 12.7. The number of amides is 2. The van der Waals surface area contributed by atoms with Crippen LogP contribution in [0, 0.1) is 12.8 Å². The molecule has 3 N–H and O–H groups in total. The maximum absolute atomic E-state index is 12.7. The number of hydrogen-bond acceptors (Lipinski definition) is 2. The lowest BCUT2D eigenvalue weighted by Crippen LogP contribution is -2.52. The van der Waals surface area contributed by atoms with Crippen LogP contribution in [0.2, 0.25) is 0 Å². The molecule has 4 nitrogen and oxygen atoms in total. The van der Waals surface area contributed by atoms with Crippen LogP contribution in [-0.4, -0.2) is 23.3 Å². The van der Waals surface area contributed by atoms with Gasteiger partial charge in [-0.25, -0.2) is 4.79 Å². The van der Waals surface area contributed by atoms with Gasteiger partial charge < -0.3 is 15.7 Å². The Morgan fingerprint density at radius 2 is 2.00 bits per heavy atom. The van der Waals surface area contributed by atoms with Crippen molar-refractivity contribution in [3.63, 3.8) is 0 Å². The Bertz CT molecular complexity index is 570. The summed E-state index contributed by atoms with van der Waals surface area (Å²) < 4.78 is 38.1. The SMILES string of the molecule is Cc1ccc(C(F)(F)F)cc1NC(=O)NC(C)(CO)C1CC1. The standard InChI is InChI=1S/C15H19F3N2O2/c1-9-3-4-11(15(16,17)18)7-12(9)19-13(22)20-14(2,8-21)10-5-6-10/h3-4,7,10,21H,5-6,8H2,1-2H3,(H2,19,20,22). The molecule has 1 atom stereocenters. The number of carbonyl (C=O) groups excluding carboxylic acids is 1. The Kier molecular flexibility index (Phi) is 4.37. The van der Waals surface area contributed by atoms with Crippen molar-refractivity contribution in [3.8, 4) is 0 Å². The first kappa shape index (κ1) is 16.6. The smallest absolute Gasteiger partial charge is 0.394 e. The summed E-state index contributed by atoms with van der Waals surface area (Å²) in [6.45, 7) is 3.12. The normalized spacial score (nSPS) is 17.7. The van der Waals surface area contributed by atoms with E-state index in [2.05, 4.69) is 10.6 Å². The third-order valence-electron chi connectivity index (χ3n) is 4.02. The van der Waals surface area contributed by atoms with Crippen LogP contribution in [-0.2, 0) is 6.18 Å². The molecule has 0 aliphatic heterocycles. The van der Waals surface area contributed by atoms with Crippen molar-refractivity contribution in [1.82, 2.24) is 5.32 Å². The van der Waals surface area contributed by atoms with Crippen LogP contribution in [0.4, 0.5) is 23.7 Å². The highest BCUT2D eigenvalue weighted by Gasteiger charge is 2.42. The minimum atomic E-state index is -4.46. The fourth-order valence-corrected chi connectivity index (χ4v) is 2.34. The van der Waals surface area contributed by atoms with E-state index in [1.807, 2.05) is 0 Å². The molecule has 7 heteroatoms. The number of aliphatic hydroxyl groups excluding tert-OH is 1. The summed E-state index contributed by atoms with van der Waals surface area (Å²) in [5.74, 6) is 0.200. The summed E-state index contributed by atoms with van der Waals surface area (Å²) in [5.41, 5.74) is -0.941. The zero-order valence-electron chi connectivity index (χ0n) is 12.4. The molecule has 0 radical (unpaired) electrons. The van der Waals surface area contributed by atoms with Crippen molar-refractivity contribution in [2.75, 3.05) is 11.9 Å². The van der Waals surface area contributed by atoms with Crippen LogP contribution in [0.1, 0.15) is 30.9 Å². The minimum Gasteiger partial charge on any atom is -0.394 e. The number of aliphatic hydroxyl groups is 1. The van der Waals surface area contributed by atoms with Gasteiger partial charge in [0.15, 0.2) is 0 Å². The third-order valence-corrected chi connectivity index (χ3v) is 4.02. The van der Waals surface area contributed by atoms with Crippen molar-refractivity contribution in [2.24, 2.45) is 5.92 Å². The van der Waals surface area contributed by atoms with Crippen molar-refractivity contribution in [3.05, 3.63) is 29.3 Å². The summed E-state index contributed by atoms with van der Waals surface area (Å²) in [7, 11) is 0. The number of benzene rings is 1. The zero-order valence-corrected chi connectivity index (χ0v) is 12.4. The highest BCUT2D eigenvalue weighted by molar-refractivity contribution is 5.90. The number of hydrogen-bond donors (Lipinski definition) is 3. The van der Waals surface area contributed by atoms with E-state index in [1.54, 1.807) is 13.8 Å². The molecule has 1 aromatic rings. The third kappa shape index (κ3) is 3.71.